The van der Waals surface area contributed by atoms with Crippen LogP contribution in [0.25, 0.3) is 22.1 Å². The molecule has 0 aliphatic heterocycles. The maximum atomic E-state index is 12.9. The highest BCUT2D eigenvalue weighted by Crippen LogP contribution is 2.36. The molecule has 0 saturated heterocycles. The summed E-state index contributed by atoms with van der Waals surface area (Å²) < 4.78 is 10.7. The summed E-state index contributed by atoms with van der Waals surface area (Å²) in [5.41, 5.74) is 2.65. The third-order valence-electron chi connectivity index (χ3n) is 4.74. The first-order valence-corrected chi connectivity index (χ1v) is 9.53. The number of rotatable bonds is 5. The predicted octanol–water partition coefficient (Wildman–Crippen LogP) is 4.88. The number of aromatic hydroxyl groups is 1. The summed E-state index contributed by atoms with van der Waals surface area (Å²) in [6.45, 7) is 1.44. The molecule has 4 aromatic rings. The van der Waals surface area contributed by atoms with E-state index in [1.165, 1.54) is 19.1 Å². The van der Waals surface area contributed by atoms with E-state index in [1.807, 2.05) is 0 Å². The third kappa shape index (κ3) is 4.20. The fraction of sp³-hybridized carbons (Fsp3) is 0.0833. The third-order valence-corrected chi connectivity index (χ3v) is 4.74. The number of phenols is 1. The van der Waals surface area contributed by atoms with Gasteiger partial charge in [-0.05, 0) is 54.1 Å². The van der Waals surface area contributed by atoms with Crippen LogP contribution in [0.5, 0.6) is 11.5 Å². The Bertz CT molecular complexity index is 1310. The summed E-state index contributed by atoms with van der Waals surface area (Å²) in [7, 11) is 1.57. The normalized spacial score (nSPS) is 10.6. The summed E-state index contributed by atoms with van der Waals surface area (Å²) in [4.78, 5) is 24.2. The van der Waals surface area contributed by atoms with Gasteiger partial charge in [0.2, 0.25) is 5.91 Å². The molecule has 0 atom stereocenters. The maximum absolute atomic E-state index is 12.9. The van der Waals surface area contributed by atoms with Gasteiger partial charge in [-0.25, -0.2) is 4.79 Å². The lowest BCUT2D eigenvalue weighted by Crippen LogP contribution is -2.08. The number of fused-ring (bicyclic) bond motifs is 1. The van der Waals surface area contributed by atoms with Gasteiger partial charge < -0.3 is 24.9 Å². The number of carbonyl (C=O) groups excluding carboxylic acids is 1. The topological polar surface area (TPSA) is 101 Å². The zero-order chi connectivity index (χ0) is 22.0. The summed E-state index contributed by atoms with van der Waals surface area (Å²) in [5.74, 6) is 0.509. The Hall–Kier alpha value is -4.26. The van der Waals surface area contributed by atoms with Crippen LogP contribution in [0, 0.1) is 0 Å². The van der Waals surface area contributed by atoms with E-state index < -0.39 is 5.63 Å². The number of nitrogens with one attached hydrogen (secondary N) is 2. The Labute approximate surface area is 177 Å². The second-order valence-corrected chi connectivity index (χ2v) is 6.93. The van der Waals surface area contributed by atoms with Crippen LogP contribution in [0.1, 0.15) is 6.92 Å². The molecule has 7 heteroatoms. The van der Waals surface area contributed by atoms with Crippen molar-refractivity contribution in [1.29, 1.82) is 0 Å². The molecule has 31 heavy (non-hydrogen) atoms. The molecule has 3 N–H and O–H groups in total. The maximum Gasteiger partial charge on any atom is 0.346 e. The van der Waals surface area contributed by atoms with Gasteiger partial charge in [0.25, 0.3) is 0 Å². The van der Waals surface area contributed by atoms with Gasteiger partial charge in [0.15, 0.2) is 0 Å². The minimum absolute atomic E-state index is 0.00143. The molecular weight excluding hydrogens is 396 g/mol. The smallest absolute Gasteiger partial charge is 0.346 e. The van der Waals surface area contributed by atoms with Crippen LogP contribution in [0.3, 0.4) is 0 Å². The zero-order valence-corrected chi connectivity index (χ0v) is 16.9. The molecule has 1 aromatic heterocycles. The lowest BCUT2D eigenvalue weighted by Gasteiger charge is -2.15. The van der Waals surface area contributed by atoms with Crippen LogP contribution in [-0.2, 0) is 4.79 Å². The molecule has 0 fully saturated rings. The lowest BCUT2D eigenvalue weighted by atomic mass is 10.0. The Morgan fingerprint density at radius 1 is 0.968 bits per heavy atom. The number of ether oxygens (including phenoxy) is 1. The Kier molecular flexibility index (Phi) is 5.32. The van der Waals surface area contributed by atoms with E-state index in [2.05, 4.69) is 10.6 Å². The molecule has 1 heterocycles. The summed E-state index contributed by atoms with van der Waals surface area (Å²) in [5, 5.41) is 16.5. The van der Waals surface area contributed by atoms with Gasteiger partial charge in [-0.15, -0.1) is 0 Å². The molecule has 0 unspecified atom stereocenters. The van der Waals surface area contributed by atoms with Crippen molar-refractivity contribution in [1.82, 2.24) is 0 Å². The van der Waals surface area contributed by atoms with Crippen LogP contribution in [-0.4, -0.2) is 18.1 Å². The van der Waals surface area contributed by atoms with Crippen molar-refractivity contribution in [2.24, 2.45) is 0 Å². The van der Waals surface area contributed by atoms with Crippen molar-refractivity contribution in [3.05, 3.63) is 77.2 Å². The predicted molar refractivity (Wildman–Crippen MR) is 120 cm³/mol. The molecular formula is C24H20N2O5. The van der Waals surface area contributed by atoms with Crippen molar-refractivity contribution in [3.63, 3.8) is 0 Å². The average molecular weight is 416 g/mol. The zero-order valence-electron chi connectivity index (χ0n) is 16.9. The molecule has 0 spiro atoms. The van der Waals surface area contributed by atoms with Crippen molar-refractivity contribution in [2.45, 2.75) is 6.92 Å². The first kappa shape index (κ1) is 20.0. The summed E-state index contributed by atoms with van der Waals surface area (Å²) >= 11 is 0. The second-order valence-electron chi connectivity index (χ2n) is 6.93. The van der Waals surface area contributed by atoms with Crippen molar-refractivity contribution >= 4 is 33.9 Å². The van der Waals surface area contributed by atoms with Crippen molar-refractivity contribution in [2.75, 3.05) is 17.7 Å². The van der Waals surface area contributed by atoms with Crippen LogP contribution in [0.2, 0.25) is 0 Å². The molecule has 156 valence electrons. The van der Waals surface area contributed by atoms with Crippen LogP contribution in [0.4, 0.5) is 17.1 Å². The number of phenolic OH excluding ortho intramolecular Hbond substituents is 1. The monoisotopic (exact) mass is 416 g/mol. The van der Waals surface area contributed by atoms with Crippen LogP contribution < -0.4 is 21.0 Å². The Balaban J connectivity index is 1.86. The van der Waals surface area contributed by atoms with E-state index in [4.69, 9.17) is 9.15 Å². The molecule has 7 nitrogen and oxygen atoms in total. The van der Waals surface area contributed by atoms with E-state index in [9.17, 15) is 14.7 Å². The van der Waals surface area contributed by atoms with E-state index in [1.54, 1.807) is 61.7 Å². The molecule has 0 aliphatic rings. The standard InChI is InChI=1S/C24H20N2O5/c1-14(27)25-16-5-7-17(8-6-16)26-23-20-12-9-18(28)13-21(20)31-24(29)22(23)15-3-10-19(30-2)11-4-15/h3-13,26,28H,1-2H3,(H,25,27). The first-order chi connectivity index (χ1) is 14.9. The highest BCUT2D eigenvalue weighted by Gasteiger charge is 2.17. The van der Waals surface area contributed by atoms with Crippen LogP contribution >= 0.6 is 0 Å². The highest BCUT2D eigenvalue weighted by atomic mass is 16.5. The van der Waals surface area contributed by atoms with Crippen LogP contribution in [0.15, 0.2) is 75.9 Å². The van der Waals surface area contributed by atoms with Crippen molar-refractivity contribution in [3.8, 4) is 22.6 Å². The lowest BCUT2D eigenvalue weighted by molar-refractivity contribution is -0.114. The number of benzene rings is 3. The van der Waals surface area contributed by atoms with Crippen molar-refractivity contribution < 1.29 is 19.1 Å². The molecule has 0 aliphatic carbocycles. The van der Waals surface area contributed by atoms with Gasteiger partial charge >= 0.3 is 5.63 Å². The summed E-state index contributed by atoms with van der Waals surface area (Å²) in [6, 6.07) is 18.8. The minimum atomic E-state index is -0.541. The average Bonchev–Trinajstić information content (AvgIpc) is 2.74. The molecule has 0 bridgehead atoms. The second kappa shape index (κ2) is 8.23. The molecule has 0 saturated carbocycles. The van der Waals surface area contributed by atoms with Gasteiger partial charge in [0.05, 0.1) is 18.4 Å². The number of carbonyl (C=O) groups is 1. The largest absolute Gasteiger partial charge is 0.508 e. The minimum Gasteiger partial charge on any atom is -0.508 e. The first-order valence-electron chi connectivity index (χ1n) is 9.53. The molecule has 4 rings (SSSR count). The SMILES string of the molecule is COc1ccc(-c2c(Nc3ccc(NC(C)=O)cc3)c3ccc(O)cc3oc2=O)cc1. The molecule has 3 aromatic carbocycles. The Morgan fingerprint density at radius 3 is 2.29 bits per heavy atom. The number of anilines is 3. The molecule has 1 amide bonds. The number of hydrogen-bond acceptors (Lipinski definition) is 6. The fourth-order valence-corrected chi connectivity index (χ4v) is 3.32. The quantitative estimate of drug-likeness (QED) is 0.401. The van der Waals surface area contributed by atoms with E-state index >= 15 is 0 Å². The number of amides is 1. The fourth-order valence-electron chi connectivity index (χ4n) is 3.32. The highest BCUT2D eigenvalue weighted by molar-refractivity contribution is 6.00. The van der Waals surface area contributed by atoms with Gasteiger partial charge in [-0.1, -0.05) is 12.1 Å². The van der Waals surface area contributed by atoms with Gasteiger partial charge in [0, 0.05) is 29.8 Å². The number of methoxy groups -OCH3 is 1. The van der Waals surface area contributed by atoms with Gasteiger partial charge in [-0.2, -0.15) is 0 Å². The number of hydrogen-bond donors (Lipinski definition) is 3. The van der Waals surface area contributed by atoms with Gasteiger partial charge in [-0.3, -0.25) is 4.79 Å². The summed E-state index contributed by atoms with van der Waals surface area (Å²) in [6.07, 6.45) is 0. The van der Waals surface area contributed by atoms with Gasteiger partial charge in [0.1, 0.15) is 17.1 Å². The van der Waals surface area contributed by atoms with E-state index in [-0.39, 0.29) is 17.2 Å². The molecule has 0 radical (unpaired) electrons. The van der Waals surface area contributed by atoms with E-state index in [0.29, 0.717) is 39.3 Å². The van der Waals surface area contributed by atoms with E-state index in [0.717, 1.165) is 0 Å². The Morgan fingerprint density at radius 2 is 1.65 bits per heavy atom.